The molecule has 0 aromatic carbocycles. The van der Waals surface area contributed by atoms with Gasteiger partial charge in [-0.15, -0.1) is 18.8 Å². The fraction of sp³-hybridized carbons (Fsp3) is 0.556. The van der Waals surface area contributed by atoms with E-state index >= 15 is 0 Å². The van der Waals surface area contributed by atoms with Crippen molar-refractivity contribution in [2.75, 3.05) is 6.67 Å². The predicted octanol–water partition coefficient (Wildman–Crippen LogP) is 5.47. The predicted molar refractivity (Wildman–Crippen MR) is 82.7 cm³/mol. The summed E-state index contributed by atoms with van der Waals surface area (Å²) in [4.78, 5) is 0. The third-order valence-corrected chi connectivity index (χ3v) is 3.41. The molecule has 0 saturated heterocycles. The summed E-state index contributed by atoms with van der Waals surface area (Å²) in [6.07, 6.45) is 10.2. The smallest absolute Gasteiger partial charge is 0.245 e. The molecule has 0 aromatic heterocycles. The lowest BCUT2D eigenvalue weighted by molar-refractivity contribution is -0.165. The van der Waals surface area contributed by atoms with Crippen molar-refractivity contribution in [1.82, 2.24) is 0 Å². The molecule has 0 spiro atoms. The Bertz CT molecular complexity index is 469. The van der Waals surface area contributed by atoms with Crippen LogP contribution in [0.5, 0.6) is 0 Å². The van der Waals surface area contributed by atoms with Gasteiger partial charge in [0, 0.05) is 12.0 Å². The van der Waals surface area contributed by atoms with E-state index in [1.807, 2.05) is 18.9 Å². The molecular weight excluding hydrogens is 292 g/mol. The second-order valence-electron chi connectivity index (χ2n) is 5.46. The van der Waals surface area contributed by atoms with Crippen molar-refractivity contribution < 1.29 is 17.6 Å². The monoisotopic (exact) mass is 314 g/mol. The highest BCUT2D eigenvalue weighted by Crippen LogP contribution is 2.34. The van der Waals surface area contributed by atoms with Crippen LogP contribution in [0, 0.1) is 36.5 Å². The van der Waals surface area contributed by atoms with Crippen LogP contribution in [0.4, 0.5) is 17.6 Å². The molecule has 0 nitrogen and oxygen atoms in total. The lowest BCUT2D eigenvalue weighted by Crippen LogP contribution is -2.23. The van der Waals surface area contributed by atoms with Crippen LogP contribution in [0.3, 0.4) is 0 Å². The molecule has 0 aliphatic carbocycles. The fourth-order valence-electron chi connectivity index (χ4n) is 2.03. The molecule has 0 rings (SSSR count). The van der Waals surface area contributed by atoms with Crippen LogP contribution >= 0.6 is 0 Å². The van der Waals surface area contributed by atoms with E-state index in [9.17, 15) is 17.6 Å². The quantitative estimate of drug-likeness (QED) is 0.316. The summed E-state index contributed by atoms with van der Waals surface area (Å²) in [6, 6.07) is 0. The summed E-state index contributed by atoms with van der Waals surface area (Å²) in [7, 11) is 0. The number of alkyl halides is 4. The Labute approximate surface area is 130 Å². The van der Waals surface area contributed by atoms with Crippen LogP contribution in [-0.2, 0) is 0 Å². The van der Waals surface area contributed by atoms with Gasteiger partial charge in [0.15, 0.2) is 0 Å². The minimum absolute atomic E-state index is 0.100. The van der Waals surface area contributed by atoms with Crippen molar-refractivity contribution in [3.8, 4) is 24.7 Å². The Morgan fingerprint density at radius 1 is 1.27 bits per heavy atom. The molecule has 0 aromatic rings. The van der Waals surface area contributed by atoms with E-state index in [1.54, 1.807) is 6.92 Å². The second-order valence-corrected chi connectivity index (χ2v) is 5.46. The van der Waals surface area contributed by atoms with Gasteiger partial charge in [-0.2, -0.15) is 13.2 Å². The number of terminal acetylenes is 2. The summed E-state index contributed by atoms with van der Waals surface area (Å²) in [6.45, 7) is 2.61. The number of hydrogen-bond acceptors (Lipinski definition) is 0. The van der Waals surface area contributed by atoms with Crippen molar-refractivity contribution in [2.45, 2.75) is 45.7 Å². The summed E-state index contributed by atoms with van der Waals surface area (Å²) >= 11 is 0. The molecule has 0 aliphatic heterocycles. The van der Waals surface area contributed by atoms with E-state index in [0.717, 1.165) is 11.6 Å². The van der Waals surface area contributed by atoms with Crippen molar-refractivity contribution in [1.29, 1.82) is 0 Å². The van der Waals surface area contributed by atoms with E-state index in [1.165, 1.54) is 0 Å². The van der Waals surface area contributed by atoms with Gasteiger partial charge >= 0.3 is 6.18 Å². The summed E-state index contributed by atoms with van der Waals surface area (Å²) < 4.78 is 51.5. The molecule has 122 valence electrons. The maximum atomic E-state index is 13.0. The van der Waals surface area contributed by atoms with Crippen molar-refractivity contribution >= 4 is 0 Å². The van der Waals surface area contributed by atoms with E-state index < -0.39 is 18.8 Å². The molecule has 0 bridgehead atoms. The van der Waals surface area contributed by atoms with Gasteiger partial charge in [0.1, 0.15) is 6.67 Å². The zero-order chi connectivity index (χ0) is 17.2. The van der Waals surface area contributed by atoms with Gasteiger partial charge in [0.25, 0.3) is 0 Å². The van der Waals surface area contributed by atoms with Gasteiger partial charge in [-0.25, -0.2) is 4.39 Å². The molecule has 0 saturated carbocycles. The molecule has 0 fully saturated rings. The van der Waals surface area contributed by atoms with Gasteiger partial charge in [0.05, 0.1) is 5.92 Å². The minimum atomic E-state index is -4.42. The van der Waals surface area contributed by atoms with Crippen molar-refractivity contribution in [2.24, 2.45) is 11.8 Å². The first-order chi connectivity index (χ1) is 10.2. The molecule has 0 amide bonds. The SMILES string of the molecule is C#CC/C=C(\C)CCC(C)CC(/C=C(\C#C)CF)C(F)(F)F. The Kier molecular flexibility index (Phi) is 9.34. The summed E-state index contributed by atoms with van der Waals surface area (Å²) in [5.74, 6) is 2.58. The van der Waals surface area contributed by atoms with Crippen molar-refractivity contribution in [3.05, 3.63) is 23.3 Å². The van der Waals surface area contributed by atoms with E-state index in [-0.39, 0.29) is 17.9 Å². The Hall–Kier alpha value is -1.68. The third kappa shape index (κ3) is 8.57. The Balaban J connectivity index is 4.73. The molecule has 0 aliphatic rings. The molecule has 0 N–H and O–H groups in total. The molecule has 0 heterocycles. The van der Waals surface area contributed by atoms with Gasteiger partial charge in [-0.3, -0.25) is 0 Å². The Morgan fingerprint density at radius 2 is 1.91 bits per heavy atom. The first-order valence-electron chi connectivity index (χ1n) is 7.13. The third-order valence-electron chi connectivity index (χ3n) is 3.41. The molecule has 2 unspecified atom stereocenters. The van der Waals surface area contributed by atoms with Crippen LogP contribution in [0.2, 0.25) is 0 Å². The summed E-state index contributed by atoms with van der Waals surface area (Å²) in [5, 5.41) is 0. The maximum absolute atomic E-state index is 13.0. The van der Waals surface area contributed by atoms with Gasteiger partial charge in [-0.05, 0) is 32.1 Å². The first-order valence-corrected chi connectivity index (χ1v) is 7.13. The van der Waals surface area contributed by atoms with Crippen molar-refractivity contribution in [3.63, 3.8) is 0 Å². The van der Waals surface area contributed by atoms with E-state index in [2.05, 4.69) is 5.92 Å². The second kappa shape index (κ2) is 10.1. The largest absolute Gasteiger partial charge is 0.395 e. The topological polar surface area (TPSA) is 0 Å². The highest BCUT2D eigenvalue weighted by molar-refractivity contribution is 5.26. The van der Waals surface area contributed by atoms with Crippen LogP contribution in [0.15, 0.2) is 23.3 Å². The number of rotatable bonds is 8. The van der Waals surface area contributed by atoms with E-state index in [4.69, 9.17) is 12.8 Å². The van der Waals surface area contributed by atoms with Crippen LogP contribution in [0.25, 0.3) is 0 Å². The van der Waals surface area contributed by atoms with Gasteiger partial charge in [-0.1, -0.05) is 30.6 Å². The highest BCUT2D eigenvalue weighted by atomic mass is 19.4. The average Bonchev–Trinajstić information content (AvgIpc) is 2.45. The average molecular weight is 314 g/mol. The zero-order valence-corrected chi connectivity index (χ0v) is 13.0. The van der Waals surface area contributed by atoms with Gasteiger partial charge < -0.3 is 0 Å². The van der Waals surface area contributed by atoms with Crippen LogP contribution in [0.1, 0.15) is 39.5 Å². The molecule has 22 heavy (non-hydrogen) atoms. The zero-order valence-electron chi connectivity index (χ0n) is 13.0. The minimum Gasteiger partial charge on any atom is -0.245 e. The molecule has 4 heteroatoms. The number of allylic oxidation sites excluding steroid dienone is 4. The normalized spacial score (nSPS) is 15.8. The van der Waals surface area contributed by atoms with Crippen LogP contribution < -0.4 is 0 Å². The van der Waals surface area contributed by atoms with Crippen LogP contribution in [-0.4, -0.2) is 12.9 Å². The first kappa shape index (κ1) is 20.3. The fourth-order valence-corrected chi connectivity index (χ4v) is 2.03. The highest BCUT2D eigenvalue weighted by Gasteiger charge is 2.38. The Morgan fingerprint density at radius 3 is 2.36 bits per heavy atom. The van der Waals surface area contributed by atoms with Gasteiger partial charge in [0.2, 0.25) is 0 Å². The maximum Gasteiger partial charge on any atom is 0.395 e. The number of halogens is 4. The molecule has 0 radical (unpaired) electrons. The standard InChI is InChI=1S/C18H22F4/c1-5-7-8-14(3)9-10-15(4)11-17(18(20,21)22)12-16(6-2)13-19/h1-2,8,12,15,17H,7,9-11,13H2,3-4H3/b14-8+,16-12+. The van der Waals surface area contributed by atoms with E-state index in [0.29, 0.717) is 19.3 Å². The lowest BCUT2D eigenvalue weighted by atomic mass is 9.89. The molecular formula is C18H22F4. The summed E-state index contributed by atoms with van der Waals surface area (Å²) in [5.41, 5.74) is 0.816. The number of hydrogen-bond donors (Lipinski definition) is 0. The molecule has 2 atom stereocenters. The lowest BCUT2D eigenvalue weighted by Gasteiger charge is -2.21.